The summed E-state index contributed by atoms with van der Waals surface area (Å²) in [4.78, 5) is 27.3. The molecule has 2 amide bonds. The highest BCUT2D eigenvalue weighted by molar-refractivity contribution is 5.88. The molecular formula is C6H6N4O5. The van der Waals surface area contributed by atoms with Gasteiger partial charge in [-0.25, -0.2) is 19.6 Å². The topological polar surface area (TPSA) is 145 Å². The Bertz CT molecular complexity index is 372. The van der Waals surface area contributed by atoms with Crippen LogP contribution in [0, 0.1) is 0 Å². The molecule has 0 atom stereocenters. The van der Waals surface area contributed by atoms with Gasteiger partial charge in [0.25, 0.3) is 0 Å². The van der Waals surface area contributed by atoms with Gasteiger partial charge < -0.3 is 15.3 Å². The van der Waals surface area contributed by atoms with Gasteiger partial charge in [-0.1, -0.05) is 0 Å². The predicted octanol–water partition coefficient (Wildman–Crippen LogP) is 0.362. The van der Waals surface area contributed by atoms with Crippen molar-refractivity contribution in [1.29, 1.82) is 0 Å². The SMILES string of the molecule is O=C(O)Nc1ncnc(NC(=O)O)c1O. The fraction of sp³-hybridized carbons (Fsp3) is 0. The summed E-state index contributed by atoms with van der Waals surface area (Å²) in [7, 11) is 0. The molecule has 9 heteroatoms. The van der Waals surface area contributed by atoms with E-state index in [1.165, 1.54) is 0 Å². The van der Waals surface area contributed by atoms with E-state index in [9.17, 15) is 14.7 Å². The summed E-state index contributed by atoms with van der Waals surface area (Å²) < 4.78 is 0. The molecule has 0 saturated carbocycles. The Hall–Kier alpha value is -2.58. The molecule has 1 aromatic heterocycles. The molecule has 1 rings (SSSR count). The molecule has 0 unspecified atom stereocenters. The first-order valence-corrected chi connectivity index (χ1v) is 3.54. The van der Waals surface area contributed by atoms with Crippen molar-refractivity contribution in [3.8, 4) is 5.75 Å². The maximum atomic E-state index is 10.2. The van der Waals surface area contributed by atoms with Crippen molar-refractivity contribution < 1.29 is 24.9 Å². The molecule has 0 spiro atoms. The van der Waals surface area contributed by atoms with E-state index in [1.54, 1.807) is 10.6 Å². The number of nitrogens with one attached hydrogen (secondary N) is 2. The third-order valence-corrected chi connectivity index (χ3v) is 1.27. The molecule has 9 nitrogen and oxygen atoms in total. The van der Waals surface area contributed by atoms with Crippen molar-refractivity contribution >= 4 is 23.8 Å². The summed E-state index contributed by atoms with van der Waals surface area (Å²) in [5, 5.41) is 29.5. The van der Waals surface area contributed by atoms with Gasteiger partial charge in [0, 0.05) is 0 Å². The lowest BCUT2D eigenvalue weighted by molar-refractivity contribution is 0.208. The number of anilines is 2. The molecule has 0 radical (unpaired) electrons. The summed E-state index contributed by atoms with van der Waals surface area (Å²) in [5.74, 6) is -1.50. The molecule has 0 aliphatic carbocycles. The van der Waals surface area contributed by atoms with Gasteiger partial charge in [-0.15, -0.1) is 0 Å². The monoisotopic (exact) mass is 214 g/mol. The van der Waals surface area contributed by atoms with Crippen LogP contribution in [0.1, 0.15) is 0 Å². The number of nitrogens with zero attached hydrogens (tertiary/aromatic N) is 2. The second kappa shape index (κ2) is 4.09. The molecule has 0 saturated heterocycles. The molecule has 15 heavy (non-hydrogen) atoms. The van der Waals surface area contributed by atoms with Crippen LogP contribution in [-0.2, 0) is 0 Å². The Balaban J connectivity index is 2.99. The summed E-state index contributed by atoms with van der Waals surface area (Å²) in [5.41, 5.74) is 0. The number of carbonyl (C=O) groups is 2. The van der Waals surface area contributed by atoms with Gasteiger partial charge in [0.05, 0.1) is 0 Å². The maximum Gasteiger partial charge on any atom is 0.410 e. The van der Waals surface area contributed by atoms with E-state index in [4.69, 9.17) is 10.2 Å². The zero-order valence-corrected chi connectivity index (χ0v) is 7.13. The number of carboxylic acid groups (broad SMARTS) is 2. The van der Waals surface area contributed by atoms with Crippen LogP contribution in [0.15, 0.2) is 6.33 Å². The van der Waals surface area contributed by atoms with Crippen molar-refractivity contribution in [2.24, 2.45) is 0 Å². The zero-order valence-electron chi connectivity index (χ0n) is 7.13. The van der Waals surface area contributed by atoms with Crippen molar-refractivity contribution in [3.05, 3.63) is 6.33 Å². The number of hydrogen-bond acceptors (Lipinski definition) is 5. The molecule has 0 aliphatic rings. The lowest BCUT2D eigenvalue weighted by Gasteiger charge is -2.06. The predicted molar refractivity (Wildman–Crippen MR) is 47.0 cm³/mol. The van der Waals surface area contributed by atoms with Crippen LogP contribution in [0.4, 0.5) is 21.2 Å². The van der Waals surface area contributed by atoms with Gasteiger partial charge in [0.1, 0.15) is 6.33 Å². The Kier molecular flexibility index (Phi) is 2.86. The molecule has 0 fully saturated rings. The van der Waals surface area contributed by atoms with Crippen molar-refractivity contribution in [1.82, 2.24) is 9.97 Å². The summed E-state index contributed by atoms with van der Waals surface area (Å²) in [6.07, 6.45) is -1.98. The molecule has 5 N–H and O–H groups in total. The van der Waals surface area contributed by atoms with Crippen LogP contribution in [-0.4, -0.2) is 37.5 Å². The highest BCUT2D eigenvalue weighted by Gasteiger charge is 2.13. The smallest absolute Gasteiger partial charge is 0.410 e. The second-order valence-electron chi connectivity index (χ2n) is 2.28. The molecule has 0 bridgehead atoms. The van der Waals surface area contributed by atoms with E-state index in [1.807, 2.05) is 0 Å². The van der Waals surface area contributed by atoms with E-state index in [-0.39, 0.29) is 0 Å². The first-order chi connectivity index (χ1) is 7.00. The van der Waals surface area contributed by atoms with Gasteiger partial charge in [-0.2, -0.15) is 0 Å². The lowest BCUT2D eigenvalue weighted by Crippen LogP contribution is -2.12. The summed E-state index contributed by atoms with van der Waals surface area (Å²) in [6, 6.07) is 0. The maximum absolute atomic E-state index is 10.2. The van der Waals surface area contributed by atoms with Crippen LogP contribution < -0.4 is 10.6 Å². The lowest BCUT2D eigenvalue weighted by atomic mass is 10.4. The minimum Gasteiger partial charge on any atom is -0.502 e. The van der Waals surface area contributed by atoms with E-state index in [0.29, 0.717) is 0 Å². The summed E-state index contributed by atoms with van der Waals surface area (Å²) >= 11 is 0. The minimum absolute atomic E-state index is 0.402. The fourth-order valence-corrected chi connectivity index (χ4v) is 0.764. The first kappa shape index (κ1) is 10.5. The minimum atomic E-state index is -1.44. The third kappa shape index (κ3) is 2.69. The largest absolute Gasteiger partial charge is 0.502 e. The molecule has 80 valence electrons. The van der Waals surface area contributed by atoms with Gasteiger partial charge in [-0.05, 0) is 0 Å². The van der Waals surface area contributed by atoms with E-state index >= 15 is 0 Å². The number of aromatic nitrogens is 2. The number of amides is 2. The molecular weight excluding hydrogens is 208 g/mol. The van der Waals surface area contributed by atoms with Crippen LogP contribution in [0.2, 0.25) is 0 Å². The van der Waals surface area contributed by atoms with E-state index < -0.39 is 29.6 Å². The number of rotatable bonds is 2. The highest BCUT2D eigenvalue weighted by atomic mass is 16.4. The van der Waals surface area contributed by atoms with E-state index in [0.717, 1.165) is 6.33 Å². The second-order valence-corrected chi connectivity index (χ2v) is 2.28. The van der Waals surface area contributed by atoms with Gasteiger partial charge >= 0.3 is 12.2 Å². The average Bonchev–Trinajstić information content (AvgIpc) is 2.10. The Morgan fingerprint density at radius 3 is 1.80 bits per heavy atom. The highest BCUT2D eigenvalue weighted by Crippen LogP contribution is 2.26. The zero-order chi connectivity index (χ0) is 11.4. The van der Waals surface area contributed by atoms with Crippen molar-refractivity contribution in [3.63, 3.8) is 0 Å². The molecule has 0 aromatic carbocycles. The molecule has 1 aromatic rings. The average molecular weight is 214 g/mol. The van der Waals surface area contributed by atoms with Crippen molar-refractivity contribution in [2.75, 3.05) is 10.6 Å². The van der Waals surface area contributed by atoms with Crippen molar-refractivity contribution in [2.45, 2.75) is 0 Å². The standard InChI is InChI=1S/C6H6N4O5/c11-2-3(9-5(12)13)7-1-8-4(2)10-6(14)15/h1,11H,(H,12,13)(H,14,15)(H2,7,8,9,10). The Morgan fingerprint density at radius 1 is 1.07 bits per heavy atom. The van der Waals surface area contributed by atoms with E-state index in [2.05, 4.69) is 9.97 Å². The molecule has 0 aliphatic heterocycles. The number of aromatic hydroxyl groups is 1. The molecule has 1 heterocycles. The normalized spacial score (nSPS) is 9.33. The van der Waals surface area contributed by atoms with Gasteiger partial charge in [-0.3, -0.25) is 10.6 Å². The fourth-order valence-electron chi connectivity index (χ4n) is 0.764. The van der Waals surface area contributed by atoms with Crippen LogP contribution in [0.5, 0.6) is 5.75 Å². The quantitative estimate of drug-likeness (QED) is 0.477. The van der Waals surface area contributed by atoms with Gasteiger partial charge in [0.2, 0.25) is 5.75 Å². The van der Waals surface area contributed by atoms with Crippen LogP contribution in [0.3, 0.4) is 0 Å². The van der Waals surface area contributed by atoms with Crippen LogP contribution >= 0.6 is 0 Å². The Morgan fingerprint density at radius 2 is 1.47 bits per heavy atom. The number of hydrogen-bond donors (Lipinski definition) is 5. The van der Waals surface area contributed by atoms with Gasteiger partial charge in [0.15, 0.2) is 11.6 Å². The summed E-state index contributed by atoms with van der Waals surface area (Å²) in [6.45, 7) is 0. The first-order valence-electron chi connectivity index (χ1n) is 3.54. The third-order valence-electron chi connectivity index (χ3n) is 1.27. The Labute approximate surface area is 82.4 Å². The van der Waals surface area contributed by atoms with Crippen LogP contribution in [0.25, 0.3) is 0 Å².